The normalized spacial score (nSPS) is 13.0. The summed E-state index contributed by atoms with van der Waals surface area (Å²) in [5.41, 5.74) is 0. The second-order valence-corrected chi connectivity index (χ2v) is 5.05. The number of imidazole rings is 1. The zero-order chi connectivity index (χ0) is 10.8. The number of nitrogens with zero attached hydrogens (tertiary/aromatic N) is 2. The van der Waals surface area contributed by atoms with Crippen LogP contribution in [0.15, 0.2) is 28.3 Å². The third kappa shape index (κ3) is 2.00. The summed E-state index contributed by atoms with van der Waals surface area (Å²) >= 11 is 5.28. The molecule has 5 heteroatoms. The molecule has 0 bridgehead atoms. The van der Waals surface area contributed by atoms with Gasteiger partial charge in [0, 0.05) is 28.8 Å². The van der Waals surface area contributed by atoms with Crippen molar-refractivity contribution in [2.45, 2.75) is 6.04 Å². The number of halogens is 1. The molecular formula is C10H12BrN3S. The average molecular weight is 286 g/mol. The molecule has 1 N–H and O–H groups in total. The minimum Gasteiger partial charge on any atom is -0.336 e. The van der Waals surface area contributed by atoms with Crippen LogP contribution in [0.5, 0.6) is 0 Å². The number of nitrogens with one attached hydrogen (secondary N) is 1. The smallest absolute Gasteiger partial charge is 0.131 e. The molecule has 0 amide bonds. The van der Waals surface area contributed by atoms with Gasteiger partial charge in [-0.1, -0.05) is 0 Å². The lowest BCUT2D eigenvalue weighted by atomic mass is 10.2. The van der Waals surface area contributed by atoms with Gasteiger partial charge in [-0.2, -0.15) is 0 Å². The van der Waals surface area contributed by atoms with E-state index in [0.717, 1.165) is 10.3 Å². The lowest BCUT2D eigenvalue weighted by Crippen LogP contribution is -2.20. The third-order valence-electron chi connectivity index (χ3n) is 2.31. The molecule has 0 spiro atoms. The molecule has 0 saturated heterocycles. The van der Waals surface area contributed by atoms with E-state index in [-0.39, 0.29) is 6.04 Å². The van der Waals surface area contributed by atoms with Crippen molar-refractivity contribution in [2.75, 3.05) is 7.05 Å². The maximum absolute atomic E-state index is 4.37. The van der Waals surface area contributed by atoms with Gasteiger partial charge >= 0.3 is 0 Å². The first-order valence-corrected chi connectivity index (χ1v) is 6.28. The van der Waals surface area contributed by atoms with Crippen LogP contribution in [-0.2, 0) is 7.05 Å². The summed E-state index contributed by atoms with van der Waals surface area (Å²) in [5.74, 6) is 1.03. The number of aromatic nitrogens is 2. The number of hydrogen-bond acceptors (Lipinski definition) is 3. The van der Waals surface area contributed by atoms with E-state index in [0.29, 0.717) is 0 Å². The van der Waals surface area contributed by atoms with Crippen LogP contribution in [0.4, 0.5) is 0 Å². The Hall–Kier alpha value is -0.650. The lowest BCUT2D eigenvalue weighted by molar-refractivity contribution is 0.624. The molecule has 3 nitrogen and oxygen atoms in total. The number of thiophene rings is 1. The van der Waals surface area contributed by atoms with E-state index in [4.69, 9.17) is 0 Å². The van der Waals surface area contributed by atoms with Gasteiger partial charge in [0.25, 0.3) is 0 Å². The van der Waals surface area contributed by atoms with Crippen molar-refractivity contribution in [1.29, 1.82) is 0 Å². The fraction of sp³-hybridized carbons (Fsp3) is 0.300. The van der Waals surface area contributed by atoms with Crippen molar-refractivity contribution in [3.05, 3.63) is 39.0 Å². The standard InChI is InChI=1S/C10H12BrN3S/c1-12-8(9-7(11)3-6-15-9)10-13-4-5-14(10)2/h3-6,8,12H,1-2H3. The minimum absolute atomic E-state index is 0.152. The average Bonchev–Trinajstić information content (AvgIpc) is 2.80. The molecule has 1 unspecified atom stereocenters. The van der Waals surface area contributed by atoms with E-state index in [1.54, 1.807) is 11.3 Å². The van der Waals surface area contributed by atoms with Crippen molar-refractivity contribution >= 4 is 27.3 Å². The number of rotatable bonds is 3. The molecule has 2 aromatic heterocycles. The van der Waals surface area contributed by atoms with Crippen LogP contribution >= 0.6 is 27.3 Å². The monoisotopic (exact) mass is 285 g/mol. The van der Waals surface area contributed by atoms with Crippen LogP contribution in [0, 0.1) is 0 Å². The molecule has 2 rings (SSSR count). The Kier molecular flexibility index (Phi) is 3.23. The van der Waals surface area contributed by atoms with E-state index in [2.05, 4.69) is 37.7 Å². The van der Waals surface area contributed by atoms with Crippen LogP contribution in [0.3, 0.4) is 0 Å². The highest BCUT2D eigenvalue weighted by molar-refractivity contribution is 9.10. The molecule has 15 heavy (non-hydrogen) atoms. The Morgan fingerprint density at radius 2 is 2.40 bits per heavy atom. The highest BCUT2D eigenvalue weighted by atomic mass is 79.9. The van der Waals surface area contributed by atoms with Gasteiger partial charge in [-0.05, 0) is 34.4 Å². The van der Waals surface area contributed by atoms with E-state index in [1.165, 1.54) is 4.88 Å². The predicted octanol–water partition coefficient (Wildman–Crippen LogP) is 2.55. The molecule has 0 aliphatic carbocycles. The summed E-state index contributed by atoms with van der Waals surface area (Å²) < 4.78 is 3.17. The van der Waals surface area contributed by atoms with Crippen LogP contribution in [0.2, 0.25) is 0 Å². The molecule has 2 heterocycles. The van der Waals surface area contributed by atoms with Crippen molar-refractivity contribution in [2.24, 2.45) is 7.05 Å². The molecule has 1 atom stereocenters. The van der Waals surface area contributed by atoms with Gasteiger partial charge in [-0.15, -0.1) is 11.3 Å². The summed E-state index contributed by atoms with van der Waals surface area (Å²) in [7, 11) is 3.96. The van der Waals surface area contributed by atoms with Crippen LogP contribution in [0.25, 0.3) is 0 Å². The Labute approximate surface area is 101 Å². The topological polar surface area (TPSA) is 29.9 Å². The number of hydrogen-bond donors (Lipinski definition) is 1. The van der Waals surface area contributed by atoms with Crippen molar-refractivity contribution in [3.8, 4) is 0 Å². The lowest BCUT2D eigenvalue weighted by Gasteiger charge is -2.14. The molecule has 0 aliphatic rings. The van der Waals surface area contributed by atoms with Crippen LogP contribution < -0.4 is 5.32 Å². The Morgan fingerprint density at radius 1 is 1.60 bits per heavy atom. The molecule has 0 aromatic carbocycles. The quantitative estimate of drug-likeness (QED) is 0.939. The zero-order valence-corrected chi connectivity index (χ0v) is 11.0. The second-order valence-electron chi connectivity index (χ2n) is 3.25. The van der Waals surface area contributed by atoms with E-state index < -0.39 is 0 Å². The molecular weight excluding hydrogens is 274 g/mol. The number of aryl methyl sites for hydroxylation is 1. The van der Waals surface area contributed by atoms with E-state index in [9.17, 15) is 0 Å². The van der Waals surface area contributed by atoms with Gasteiger partial charge in [0.05, 0.1) is 0 Å². The fourth-order valence-electron chi connectivity index (χ4n) is 1.54. The largest absolute Gasteiger partial charge is 0.336 e. The molecule has 0 radical (unpaired) electrons. The Bertz CT molecular complexity index is 409. The van der Waals surface area contributed by atoms with Crippen LogP contribution in [0.1, 0.15) is 16.7 Å². The maximum Gasteiger partial charge on any atom is 0.131 e. The molecule has 0 fully saturated rings. The second kappa shape index (κ2) is 4.47. The Morgan fingerprint density at radius 3 is 2.87 bits per heavy atom. The van der Waals surface area contributed by atoms with Gasteiger partial charge in [-0.25, -0.2) is 4.98 Å². The summed E-state index contributed by atoms with van der Waals surface area (Å²) in [6, 6.07) is 2.21. The highest BCUT2D eigenvalue weighted by Crippen LogP contribution is 2.31. The summed E-state index contributed by atoms with van der Waals surface area (Å²) in [4.78, 5) is 5.63. The molecule has 80 valence electrons. The van der Waals surface area contributed by atoms with Gasteiger partial charge in [0.1, 0.15) is 11.9 Å². The van der Waals surface area contributed by atoms with Gasteiger partial charge in [0.2, 0.25) is 0 Å². The Balaban J connectivity index is 2.41. The SMILES string of the molecule is CNC(c1sccc1Br)c1nccn1C. The zero-order valence-electron chi connectivity index (χ0n) is 8.57. The van der Waals surface area contributed by atoms with Crippen molar-refractivity contribution in [3.63, 3.8) is 0 Å². The molecule has 2 aromatic rings. The molecule has 0 aliphatic heterocycles. The first-order valence-electron chi connectivity index (χ1n) is 4.61. The van der Waals surface area contributed by atoms with E-state index >= 15 is 0 Å². The van der Waals surface area contributed by atoms with Crippen molar-refractivity contribution in [1.82, 2.24) is 14.9 Å². The fourth-order valence-corrected chi connectivity index (χ4v) is 3.25. The highest BCUT2D eigenvalue weighted by Gasteiger charge is 2.19. The first kappa shape index (κ1) is 10.9. The van der Waals surface area contributed by atoms with Gasteiger partial charge in [-0.3, -0.25) is 0 Å². The first-order chi connectivity index (χ1) is 7.24. The van der Waals surface area contributed by atoms with Gasteiger partial charge < -0.3 is 9.88 Å². The van der Waals surface area contributed by atoms with Crippen molar-refractivity contribution < 1.29 is 0 Å². The third-order valence-corrected chi connectivity index (χ3v) is 4.25. The van der Waals surface area contributed by atoms with Crippen LogP contribution in [-0.4, -0.2) is 16.6 Å². The predicted molar refractivity (Wildman–Crippen MR) is 66.1 cm³/mol. The van der Waals surface area contributed by atoms with Gasteiger partial charge in [0.15, 0.2) is 0 Å². The summed E-state index contributed by atoms with van der Waals surface area (Å²) in [5, 5.41) is 5.36. The molecule has 0 saturated carbocycles. The van der Waals surface area contributed by atoms with E-state index in [1.807, 2.05) is 31.1 Å². The summed E-state index contributed by atoms with van der Waals surface area (Å²) in [6.07, 6.45) is 3.78. The maximum atomic E-state index is 4.37. The minimum atomic E-state index is 0.152. The summed E-state index contributed by atoms with van der Waals surface area (Å²) in [6.45, 7) is 0.